The first-order chi connectivity index (χ1) is 13.3. The van der Waals surface area contributed by atoms with Crippen LogP contribution in [-0.4, -0.2) is 27.4 Å². The Balaban J connectivity index is 1.23. The fraction of sp³-hybridized carbons (Fsp3) is 0.200. The third kappa shape index (κ3) is 4.56. The van der Waals surface area contributed by atoms with Gasteiger partial charge in [0.2, 0.25) is 5.91 Å². The van der Waals surface area contributed by atoms with Gasteiger partial charge in [-0.2, -0.15) is 0 Å². The summed E-state index contributed by atoms with van der Waals surface area (Å²) in [6.07, 6.45) is 5.58. The summed E-state index contributed by atoms with van der Waals surface area (Å²) in [6.45, 7) is 0.647. The Morgan fingerprint density at radius 3 is 2.89 bits per heavy atom. The molecule has 0 bridgehead atoms. The van der Waals surface area contributed by atoms with E-state index in [1.54, 1.807) is 23.7 Å². The molecule has 0 spiro atoms. The number of nitrogens with one attached hydrogen (secondary N) is 1. The van der Waals surface area contributed by atoms with E-state index in [0.29, 0.717) is 13.0 Å². The van der Waals surface area contributed by atoms with Gasteiger partial charge in [-0.3, -0.25) is 9.78 Å². The number of hydrogen-bond donors (Lipinski definition) is 1. The summed E-state index contributed by atoms with van der Waals surface area (Å²) in [4.78, 5) is 25.4. The first kappa shape index (κ1) is 17.8. The van der Waals surface area contributed by atoms with Crippen molar-refractivity contribution in [1.29, 1.82) is 0 Å². The number of carbonyl (C=O) groups is 1. The summed E-state index contributed by atoms with van der Waals surface area (Å²) in [5.41, 5.74) is 2.82. The van der Waals surface area contributed by atoms with Crippen molar-refractivity contribution in [3.8, 4) is 10.6 Å². The average Bonchev–Trinajstić information content (AvgIpc) is 3.32. The molecule has 0 fully saturated rings. The molecule has 1 N–H and O–H groups in total. The van der Waals surface area contributed by atoms with Crippen molar-refractivity contribution in [1.82, 2.24) is 20.3 Å². The van der Waals surface area contributed by atoms with Crippen molar-refractivity contribution in [2.24, 2.45) is 0 Å². The Kier molecular flexibility index (Phi) is 5.50. The zero-order valence-electron chi connectivity index (χ0n) is 14.6. The minimum Gasteiger partial charge on any atom is -0.356 e. The van der Waals surface area contributed by atoms with E-state index in [9.17, 15) is 4.79 Å². The van der Waals surface area contributed by atoms with Gasteiger partial charge in [-0.05, 0) is 30.7 Å². The van der Waals surface area contributed by atoms with Gasteiger partial charge in [0.1, 0.15) is 5.01 Å². The van der Waals surface area contributed by atoms with Crippen LogP contribution in [-0.2, 0) is 17.6 Å². The molecule has 4 rings (SSSR count). The van der Waals surface area contributed by atoms with Crippen LogP contribution in [0, 0.1) is 0 Å². The molecule has 7 heteroatoms. The summed E-state index contributed by atoms with van der Waals surface area (Å²) in [6, 6.07) is 12.0. The lowest BCUT2D eigenvalue weighted by molar-refractivity contribution is -0.120. The highest BCUT2D eigenvalue weighted by molar-refractivity contribution is 7.18. The molecule has 1 aromatic carbocycles. The molecule has 0 aliphatic carbocycles. The molecule has 136 valence electrons. The molecular formula is C20H18N4OS2. The molecule has 0 atom stereocenters. The molecule has 0 unspecified atom stereocenters. The standard InChI is InChI=1S/C20H18N4OS2/c25-18(11-15-13-26-20(23-15)14-5-3-9-21-12-14)22-10-4-8-19-24-16-6-1-2-7-17(16)27-19/h1-3,5-7,9,12-13H,4,8,10-11H2,(H,22,25). The topological polar surface area (TPSA) is 67.8 Å². The summed E-state index contributed by atoms with van der Waals surface area (Å²) < 4.78 is 1.21. The number of nitrogens with zero attached hydrogens (tertiary/aromatic N) is 3. The van der Waals surface area contributed by atoms with Gasteiger partial charge >= 0.3 is 0 Å². The van der Waals surface area contributed by atoms with Gasteiger partial charge in [0, 0.05) is 36.3 Å². The molecule has 5 nitrogen and oxygen atoms in total. The highest BCUT2D eigenvalue weighted by Crippen LogP contribution is 2.23. The summed E-state index contributed by atoms with van der Waals surface area (Å²) in [7, 11) is 0. The number of aromatic nitrogens is 3. The number of aryl methyl sites for hydroxylation is 1. The van der Waals surface area contributed by atoms with Crippen LogP contribution < -0.4 is 5.32 Å². The van der Waals surface area contributed by atoms with Crippen LogP contribution in [0.25, 0.3) is 20.8 Å². The van der Waals surface area contributed by atoms with Gasteiger partial charge in [0.05, 0.1) is 27.3 Å². The first-order valence-electron chi connectivity index (χ1n) is 8.74. The van der Waals surface area contributed by atoms with Crippen LogP contribution in [0.1, 0.15) is 17.1 Å². The van der Waals surface area contributed by atoms with Crippen molar-refractivity contribution in [2.75, 3.05) is 6.54 Å². The van der Waals surface area contributed by atoms with Crippen molar-refractivity contribution < 1.29 is 4.79 Å². The third-order valence-corrected chi connectivity index (χ3v) is 6.07. The van der Waals surface area contributed by atoms with Crippen molar-refractivity contribution in [3.05, 3.63) is 64.9 Å². The summed E-state index contributed by atoms with van der Waals surface area (Å²) in [5.74, 6) is 0.00216. The van der Waals surface area contributed by atoms with Crippen molar-refractivity contribution >= 4 is 38.8 Å². The molecule has 0 saturated carbocycles. The summed E-state index contributed by atoms with van der Waals surface area (Å²) >= 11 is 3.26. The minimum atomic E-state index is 0.00216. The zero-order valence-corrected chi connectivity index (χ0v) is 16.2. The molecule has 1 amide bonds. The van der Waals surface area contributed by atoms with Crippen LogP contribution in [0.15, 0.2) is 54.2 Å². The van der Waals surface area contributed by atoms with Crippen molar-refractivity contribution in [3.63, 3.8) is 0 Å². The highest BCUT2D eigenvalue weighted by atomic mass is 32.1. The van der Waals surface area contributed by atoms with Gasteiger partial charge in [-0.1, -0.05) is 12.1 Å². The van der Waals surface area contributed by atoms with Crippen LogP contribution in [0.2, 0.25) is 0 Å². The maximum atomic E-state index is 12.1. The van der Waals surface area contributed by atoms with Gasteiger partial charge in [-0.15, -0.1) is 22.7 Å². The number of hydrogen-bond acceptors (Lipinski definition) is 6. The number of benzene rings is 1. The van der Waals surface area contributed by atoms with Crippen molar-refractivity contribution in [2.45, 2.75) is 19.3 Å². The average molecular weight is 395 g/mol. The van der Waals surface area contributed by atoms with E-state index < -0.39 is 0 Å². The lowest BCUT2D eigenvalue weighted by atomic mass is 10.3. The van der Waals surface area contributed by atoms with Crippen LogP contribution in [0.3, 0.4) is 0 Å². The number of pyridine rings is 1. The third-order valence-electron chi connectivity index (χ3n) is 4.03. The Hall–Kier alpha value is -2.64. The molecule has 0 aliphatic rings. The van der Waals surface area contributed by atoms with E-state index >= 15 is 0 Å². The van der Waals surface area contributed by atoms with Gasteiger partial charge in [0.15, 0.2) is 0 Å². The number of para-hydroxylation sites is 1. The van der Waals surface area contributed by atoms with Crippen LogP contribution >= 0.6 is 22.7 Å². The molecule has 3 aromatic heterocycles. The zero-order chi connectivity index (χ0) is 18.5. The van der Waals surface area contributed by atoms with Crippen LogP contribution in [0.5, 0.6) is 0 Å². The lowest BCUT2D eigenvalue weighted by Gasteiger charge is -2.03. The monoisotopic (exact) mass is 394 g/mol. The lowest BCUT2D eigenvalue weighted by Crippen LogP contribution is -2.26. The van der Waals surface area contributed by atoms with E-state index in [1.165, 1.54) is 16.0 Å². The summed E-state index contributed by atoms with van der Waals surface area (Å²) in [5, 5.41) is 6.92. The molecule has 3 heterocycles. The maximum Gasteiger partial charge on any atom is 0.226 e. The Morgan fingerprint density at radius 1 is 1.11 bits per heavy atom. The Morgan fingerprint density at radius 2 is 2.04 bits per heavy atom. The maximum absolute atomic E-state index is 12.1. The van der Waals surface area contributed by atoms with E-state index in [-0.39, 0.29) is 5.91 Å². The minimum absolute atomic E-state index is 0.00216. The number of thiazole rings is 2. The van der Waals surface area contributed by atoms with E-state index in [1.807, 2.05) is 35.7 Å². The Bertz CT molecular complexity index is 1010. The smallest absolute Gasteiger partial charge is 0.226 e. The fourth-order valence-corrected chi connectivity index (χ4v) is 4.55. The predicted molar refractivity (Wildman–Crippen MR) is 110 cm³/mol. The highest BCUT2D eigenvalue weighted by Gasteiger charge is 2.09. The predicted octanol–water partition coefficient (Wildman–Crippen LogP) is 4.11. The van der Waals surface area contributed by atoms with Gasteiger partial charge in [-0.25, -0.2) is 9.97 Å². The number of amides is 1. The SMILES string of the molecule is O=C(Cc1csc(-c2cccnc2)n1)NCCCc1nc2ccccc2s1. The van der Waals surface area contributed by atoms with Crippen LogP contribution in [0.4, 0.5) is 0 Å². The van der Waals surface area contributed by atoms with E-state index in [4.69, 9.17) is 0 Å². The number of fused-ring (bicyclic) bond motifs is 1. The first-order valence-corrected chi connectivity index (χ1v) is 10.4. The van der Waals surface area contributed by atoms with Gasteiger partial charge < -0.3 is 5.32 Å². The number of rotatable bonds is 7. The van der Waals surface area contributed by atoms with Gasteiger partial charge in [0.25, 0.3) is 0 Å². The molecule has 0 aliphatic heterocycles. The van der Waals surface area contributed by atoms with E-state index in [0.717, 1.165) is 39.6 Å². The fourth-order valence-electron chi connectivity index (χ4n) is 2.73. The molecular weight excluding hydrogens is 376 g/mol. The largest absolute Gasteiger partial charge is 0.356 e. The number of carbonyl (C=O) groups excluding carboxylic acids is 1. The second-order valence-electron chi connectivity index (χ2n) is 6.09. The second kappa shape index (κ2) is 8.37. The molecule has 4 aromatic rings. The quantitative estimate of drug-likeness (QED) is 0.479. The Labute approximate surface area is 165 Å². The molecule has 0 saturated heterocycles. The molecule has 0 radical (unpaired) electrons. The normalized spacial score (nSPS) is 11.0. The molecule has 27 heavy (non-hydrogen) atoms. The second-order valence-corrected chi connectivity index (χ2v) is 8.06. The van der Waals surface area contributed by atoms with E-state index in [2.05, 4.69) is 26.3 Å².